The van der Waals surface area contributed by atoms with Gasteiger partial charge in [0, 0.05) is 17.6 Å². The molecule has 0 bridgehead atoms. The molecule has 2 amide bonds. The van der Waals surface area contributed by atoms with Gasteiger partial charge >= 0.3 is 0 Å². The van der Waals surface area contributed by atoms with E-state index in [9.17, 15) is 9.59 Å². The lowest BCUT2D eigenvalue weighted by molar-refractivity contribution is -0.121. The molecule has 1 unspecified atom stereocenters. The summed E-state index contributed by atoms with van der Waals surface area (Å²) in [6.07, 6.45) is 2.65. The van der Waals surface area contributed by atoms with Crippen LogP contribution < -0.4 is 5.32 Å². The van der Waals surface area contributed by atoms with Crippen molar-refractivity contribution >= 4 is 23.4 Å². The molecule has 6 heteroatoms. The van der Waals surface area contributed by atoms with Crippen LogP contribution in [0, 0.1) is 0 Å². The minimum Gasteiger partial charge on any atom is -0.350 e. The van der Waals surface area contributed by atoms with E-state index in [0.717, 1.165) is 5.56 Å². The van der Waals surface area contributed by atoms with E-state index in [0.29, 0.717) is 11.6 Å². The first-order valence-electron chi connectivity index (χ1n) is 5.30. The summed E-state index contributed by atoms with van der Waals surface area (Å²) in [4.78, 5) is 22.5. The molecule has 1 heterocycles. The molecule has 1 aromatic carbocycles. The first kappa shape index (κ1) is 12.4. The van der Waals surface area contributed by atoms with Crippen LogP contribution in [0.1, 0.15) is 5.56 Å². The summed E-state index contributed by atoms with van der Waals surface area (Å²) in [7, 11) is 0. The molecule has 0 spiro atoms. The van der Waals surface area contributed by atoms with Gasteiger partial charge < -0.3 is 5.32 Å². The molecular formula is C12H10ClN3O2. The lowest BCUT2D eigenvalue weighted by atomic mass is 10.2. The number of hydrogen-bond acceptors (Lipinski definition) is 3. The highest BCUT2D eigenvalue weighted by Crippen LogP contribution is 2.10. The van der Waals surface area contributed by atoms with E-state index < -0.39 is 11.9 Å². The second kappa shape index (κ2) is 5.55. The number of amides is 2. The number of carbonyl (C=O) groups is 2. The van der Waals surface area contributed by atoms with Crippen LogP contribution in [0.5, 0.6) is 0 Å². The van der Waals surface area contributed by atoms with Crippen LogP contribution in [0.15, 0.2) is 46.6 Å². The molecule has 0 radical (unpaired) electrons. The molecular weight excluding hydrogens is 254 g/mol. The van der Waals surface area contributed by atoms with Gasteiger partial charge in [-0.2, -0.15) is 5.11 Å². The van der Waals surface area contributed by atoms with E-state index in [1.807, 2.05) is 12.1 Å². The van der Waals surface area contributed by atoms with E-state index in [2.05, 4.69) is 15.5 Å². The SMILES string of the molecule is O=C1C=CC(C(=O)NCc2cccc(Cl)c2)N=N1. The highest BCUT2D eigenvalue weighted by molar-refractivity contribution is 6.30. The highest BCUT2D eigenvalue weighted by atomic mass is 35.5. The third-order valence-corrected chi connectivity index (χ3v) is 2.56. The zero-order chi connectivity index (χ0) is 13.0. The van der Waals surface area contributed by atoms with Gasteiger partial charge in [-0.15, -0.1) is 5.11 Å². The van der Waals surface area contributed by atoms with E-state index in [1.54, 1.807) is 12.1 Å². The van der Waals surface area contributed by atoms with Crippen LogP contribution in [-0.2, 0) is 16.1 Å². The quantitative estimate of drug-likeness (QED) is 0.904. The average molecular weight is 264 g/mol. The number of rotatable bonds is 3. The average Bonchev–Trinajstić information content (AvgIpc) is 2.37. The number of benzene rings is 1. The van der Waals surface area contributed by atoms with Crippen LogP contribution in [0.2, 0.25) is 5.02 Å². The third kappa shape index (κ3) is 3.24. The highest BCUT2D eigenvalue weighted by Gasteiger charge is 2.17. The minimum atomic E-state index is -0.734. The Morgan fingerprint density at radius 3 is 2.94 bits per heavy atom. The van der Waals surface area contributed by atoms with Gasteiger partial charge in [0.2, 0.25) is 0 Å². The van der Waals surface area contributed by atoms with Crippen LogP contribution in [0.25, 0.3) is 0 Å². The van der Waals surface area contributed by atoms with Gasteiger partial charge in [-0.05, 0) is 23.8 Å². The fourth-order valence-corrected chi connectivity index (χ4v) is 1.66. The summed E-state index contributed by atoms with van der Waals surface area (Å²) in [5, 5.41) is 10.2. The molecule has 5 nitrogen and oxygen atoms in total. The molecule has 1 N–H and O–H groups in total. The molecule has 92 valence electrons. The molecule has 0 saturated heterocycles. The maximum atomic E-state index is 11.7. The predicted octanol–water partition coefficient (Wildman–Crippen LogP) is 1.87. The van der Waals surface area contributed by atoms with Gasteiger partial charge in [0.05, 0.1) is 0 Å². The lowest BCUT2D eigenvalue weighted by Gasteiger charge is -2.10. The van der Waals surface area contributed by atoms with Crippen LogP contribution >= 0.6 is 11.6 Å². The first-order valence-corrected chi connectivity index (χ1v) is 5.68. The van der Waals surface area contributed by atoms with Crippen molar-refractivity contribution in [1.82, 2.24) is 5.32 Å². The summed E-state index contributed by atoms with van der Waals surface area (Å²) < 4.78 is 0. The van der Waals surface area contributed by atoms with Crippen LogP contribution in [-0.4, -0.2) is 17.9 Å². The largest absolute Gasteiger partial charge is 0.350 e. The predicted molar refractivity (Wildman–Crippen MR) is 66.1 cm³/mol. The Bertz CT molecular complexity index is 524. The van der Waals surface area contributed by atoms with Gasteiger partial charge in [-0.3, -0.25) is 9.59 Å². The Balaban J connectivity index is 1.91. The van der Waals surface area contributed by atoms with Crippen molar-refractivity contribution in [2.24, 2.45) is 10.2 Å². The van der Waals surface area contributed by atoms with Crippen LogP contribution in [0.3, 0.4) is 0 Å². The van der Waals surface area contributed by atoms with Crippen LogP contribution in [0.4, 0.5) is 0 Å². The van der Waals surface area contributed by atoms with E-state index in [-0.39, 0.29) is 5.91 Å². The van der Waals surface area contributed by atoms with Crippen molar-refractivity contribution < 1.29 is 9.59 Å². The molecule has 1 aliphatic rings. The fourth-order valence-electron chi connectivity index (χ4n) is 1.44. The van der Waals surface area contributed by atoms with E-state index in [1.165, 1.54) is 12.2 Å². The first-order chi connectivity index (χ1) is 8.65. The lowest BCUT2D eigenvalue weighted by Crippen LogP contribution is -2.32. The molecule has 2 rings (SSSR count). The maximum absolute atomic E-state index is 11.7. The van der Waals surface area contributed by atoms with Crippen molar-refractivity contribution in [3.05, 3.63) is 47.0 Å². The van der Waals surface area contributed by atoms with Crippen molar-refractivity contribution in [1.29, 1.82) is 0 Å². The van der Waals surface area contributed by atoms with Crippen molar-refractivity contribution in [2.75, 3.05) is 0 Å². The normalized spacial score (nSPS) is 17.8. The zero-order valence-electron chi connectivity index (χ0n) is 9.34. The summed E-state index contributed by atoms with van der Waals surface area (Å²) in [6.45, 7) is 0.354. The number of nitrogens with zero attached hydrogens (tertiary/aromatic N) is 2. The second-order valence-corrected chi connectivity index (χ2v) is 4.14. The standard InChI is InChI=1S/C12H10ClN3O2/c13-9-3-1-2-8(6-9)7-14-12(18)10-4-5-11(17)16-15-10/h1-6,10H,7H2,(H,14,18). The van der Waals surface area contributed by atoms with Gasteiger partial charge in [-0.1, -0.05) is 23.7 Å². The molecule has 1 aliphatic heterocycles. The summed E-state index contributed by atoms with van der Waals surface area (Å²) in [6, 6.07) is 6.46. The van der Waals surface area contributed by atoms with Crippen molar-refractivity contribution in [3.63, 3.8) is 0 Å². The molecule has 0 fully saturated rings. The number of carbonyl (C=O) groups excluding carboxylic acids is 2. The fraction of sp³-hybridized carbons (Fsp3) is 0.167. The maximum Gasteiger partial charge on any atom is 0.287 e. The number of hydrogen-bond donors (Lipinski definition) is 1. The molecule has 0 saturated carbocycles. The molecule has 0 aromatic heterocycles. The zero-order valence-corrected chi connectivity index (χ0v) is 10.1. The summed E-state index contributed by atoms with van der Waals surface area (Å²) in [5.41, 5.74) is 0.892. The Kier molecular flexibility index (Phi) is 3.84. The smallest absolute Gasteiger partial charge is 0.287 e. The molecule has 1 aromatic rings. The Labute approximate surface area is 109 Å². The number of halogens is 1. The summed E-state index contributed by atoms with van der Waals surface area (Å²) in [5.74, 6) is -0.753. The molecule has 18 heavy (non-hydrogen) atoms. The molecule has 0 aliphatic carbocycles. The van der Waals surface area contributed by atoms with Gasteiger partial charge in [-0.25, -0.2) is 0 Å². The third-order valence-electron chi connectivity index (χ3n) is 2.33. The van der Waals surface area contributed by atoms with Crippen molar-refractivity contribution in [3.8, 4) is 0 Å². The van der Waals surface area contributed by atoms with Crippen molar-refractivity contribution in [2.45, 2.75) is 12.6 Å². The second-order valence-electron chi connectivity index (χ2n) is 3.71. The van der Waals surface area contributed by atoms with E-state index in [4.69, 9.17) is 11.6 Å². The summed E-state index contributed by atoms with van der Waals surface area (Å²) >= 11 is 5.83. The Hall–Kier alpha value is -2.01. The van der Waals surface area contributed by atoms with Gasteiger partial charge in [0.15, 0.2) is 6.04 Å². The minimum absolute atomic E-state index is 0.303. The van der Waals surface area contributed by atoms with Gasteiger partial charge in [0.1, 0.15) is 0 Å². The molecule has 1 atom stereocenters. The Morgan fingerprint density at radius 1 is 1.44 bits per heavy atom. The van der Waals surface area contributed by atoms with E-state index >= 15 is 0 Å². The van der Waals surface area contributed by atoms with Gasteiger partial charge in [0.25, 0.3) is 11.8 Å². The topological polar surface area (TPSA) is 70.9 Å². The Morgan fingerprint density at radius 2 is 2.28 bits per heavy atom. The monoisotopic (exact) mass is 263 g/mol. The number of nitrogens with one attached hydrogen (secondary N) is 1. The number of azo groups is 1.